The van der Waals surface area contributed by atoms with E-state index in [9.17, 15) is 4.79 Å². The molecule has 3 rings (SSSR count). The summed E-state index contributed by atoms with van der Waals surface area (Å²) in [4.78, 5) is 22.1. The Morgan fingerprint density at radius 2 is 2.18 bits per heavy atom. The summed E-state index contributed by atoms with van der Waals surface area (Å²) in [5.74, 6) is 0.683. The van der Waals surface area contributed by atoms with Crippen LogP contribution in [0.4, 0.5) is 4.79 Å². The molecule has 8 heteroatoms. The van der Waals surface area contributed by atoms with Gasteiger partial charge in [0, 0.05) is 37.9 Å². The van der Waals surface area contributed by atoms with Gasteiger partial charge in [0.25, 0.3) is 0 Å². The number of rotatable bonds is 9. The van der Waals surface area contributed by atoms with Gasteiger partial charge in [0.15, 0.2) is 0 Å². The Morgan fingerprint density at radius 3 is 2.89 bits per heavy atom. The van der Waals surface area contributed by atoms with Crippen LogP contribution in [0.1, 0.15) is 44.6 Å². The zero-order chi connectivity index (χ0) is 20.0. The van der Waals surface area contributed by atoms with Crippen molar-refractivity contribution in [3.63, 3.8) is 0 Å². The average Bonchev–Trinajstić information content (AvgIpc) is 3.09. The van der Waals surface area contributed by atoms with E-state index in [1.807, 2.05) is 4.90 Å². The fourth-order valence-corrected chi connectivity index (χ4v) is 4.43. The summed E-state index contributed by atoms with van der Waals surface area (Å²) in [5.41, 5.74) is 6.81. The highest BCUT2D eigenvalue weighted by Crippen LogP contribution is 2.48. The van der Waals surface area contributed by atoms with Gasteiger partial charge in [0.05, 0.1) is 6.61 Å². The number of likely N-dealkylation sites (tertiary alicyclic amines) is 1. The second kappa shape index (κ2) is 9.85. The van der Waals surface area contributed by atoms with Gasteiger partial charge in [-0.2, -0.15) is 0 Å². The van der Waals surface area contributed by atoms with Crippen LogP contribution in [0.3, 0.4) is 0 Å². The van der Waals surface area contributed by atoms with E-state index in [4.69, 9.17) is 22.1 Å². The number of amides is 1. The Hall–Kier alpha value is -1.44. The van der Waals surface area contributed by atoms with Crippen LogP contribution in [-0.2, 0) is 11.2 Å². The maximum absolute atomic E-state index is 12.3. The molecule has 7 nitrogen and oxygen atoms in total. The van der Waals surface area contributed by atoms with Crippen LogP contribution in [0.15, 0.2) is 12.4 Å². The van der Waals surface area contributed by atoms with Gasteiger partial charge in [-0.3, -0.25) is 0 Å². The van der Waals surface area contributed by atoms with Crippen LogP contribution in [0.25, 0.3) is 0 Å². The summed E-state index contributed by atoms with van der Waals surface area (Å²) in [6.07, 6.45) is 9.37. The number of hydrogen-bond donors (Lipinski definition) is 2. The normalized spacial score (nSPS) is 25.0. The highest BCUT2D eigenvalue weighted by molar-refractivity contribution is 6.28. The Bertz CT molecular complexity index is 636. The predicted octanol–water partition coefficient (Wildman–Crippen LogP) is 2.63. The summed E-state index contributed by atoms with van der Waals surface area (Å²) in [6.45, 7) is 6.03. The first-order valence-corrected chi connectivity index (χ1v) is 10.7. The summed E-state index contributed by atoms with van der Waals surface area (Å²) in [7, 11) is 0. The fourth-order valence-electron chi connectivity index (χ4n) is 4.33. The third-order valence-corrected chi connectivity index (χ3v) is 6.27. The molecule has 0 radical (unpaired) electrons. The second-order valence-corrected chi connectivity index (χ2v) is 8.76. The van der Waals surface area contributed by atoms with Gasteiger partial charge in [-0.05, 0) is 73.7 Å². The highest BCUT2D eigenvalue weighted by Gasteiger charge is 2.49. The second-order valence-electron chi connectivity index (χ2n) is 8.43. The largest absolute Gasteiger partial charge is 0.449 e. The van der Waals surface area contributed by atoms with E-state index in [1.165, 1.54) is 6.42 Å². The number of nitrogens with one attached hydrogen (secondary N) is 1. The van der Waals surface area contributed by atoms with E-state index in [2.05, 4.69) is 22.2 Å². The highest BCUT2D eigenvalue weighted by atomic mass is 35.5. The third kappa shape index (κ3) is 5.78. The van der Waals surface area contributed by atoms with E-state index in [-0.39, 0.29) is 11.4 Å². The third-order valence-electron chi connectivity index (χ3n) is 6.08. The van der Waals surface area contributed by atoms with Crippen LogP contribution >= 0.6 is 11.6 Å². The van der Waals surface area contributed by atoms with E-state index in [0.717, 1.165) is 57.4 Å². The lowest BCUT2D eigenvalue weighted by atomic mass is 9.65. The van der Waals surface area contributed by atoms with Gasteiger partial charge in [-0.15, -0.1) is 0 Å². The molecule has 1 aromatic rings. The molecule has 1 saturated heterocycles. The van der Waals surface area contributed by atoms with Crippen LogP contribution in [0.2, 0.25) is 5.28 Å². The molecule has 0 bridgehead atoms. The van der Waals surface area contributed by atoms with Crippen LogP contribution < -0.4 is 11.1 Å². The lowest BCUT2D eigenvalue weighted by Gasteiger charge is -2.45. The molecule has 1 amide bonds. The molecule has 2 heterocycles. The predicted molar refractivity (Wildman–Crippen MR) is 109 cm³/mol. The molecular weight excluding hydrogens is 378 g/mol. The van der Waals surface area contributed by atoms with Gasteiger partial charge in [-0.1, -0.05) is 6.92 Å². The van der Waals surface area contributed by atoms with Gasteiger partial charge in [0.2, 0.25) is 5.28 Å². The van der Waals surface area contributed by atoms with Crippen molar-refractivity contribution in [1.29, 1.82) is 0 Å². The first-order valence-electron chi connectivity index (χ1n) is 10.3. The van der Waals surface area contributed by atoms with Gasteiger partial charge in [-0.25, -0.2) is 14.8 Å². The molecular formula is C20H32ClN5O2. The zero-order valence-electron chi connectivity index (χ0n) is 16.7. The minimum atomic E-state index is -0.209. The monoisotopic (exact) mass is 409 g/mol. The number of nitrogens with two attached hydrogens (primary N) is 1. The summed E-state index contributed by atoms with van der Waals surface area (Å²) in [6, 6.07) is 0.589. The van der Waals surface area contributed by atoms with Crippen molar-refractivity contribution in [2.24, 2.45) is 17.1 Å². The van der Waals surface area contributed by atoms with Gasteiger partial charge < -0.3 is 20.7 Å². The average molecular weight is 410 g/mol. The Kier molecular flexibility index (Phi) is 7.48. The van der Waals surface area contributed by atoms with Gasteiger partial charge >= 0.3 is 6.09 Å². The molecule has 2 aliphatic rings. The number of ether oxygens (including phenoxy) is 1. The standard InChI is InChI=1S/C20H32ClN5O2/c1-15(2-6-22)3-7-23-17-10-20(11-17)5-8-26(14-20)19(27)28-9-4-16-12-24-18(21)25-13-16/h12-13,15,17,23H,2-11,14,22H2,1H3. The quantitative estimate of drug-likeness (QED) is 0.609. The van der Waals surface area contributed by atoms with E-state index in [0.29, 0.717) is 30.4 Å². The van der Waals surface area contributed by atoms with E-state index < -0.39 is 0 Å². The lowest BCUT2D eigenvalue weighted by Crippen LogP contribution is -2.50. The zero-order valence-corrected chi connectivity index (χ0v) is 17.5. The fraction of sp³-hybridized carbons (Fsp3) is 0.750. The first kappa shape index (κ1) is 21.3. The molecule has 2 fully saturated rings. The molecule has 1 spiro atoms. The number of hydrogen-bond acceptors (Lipinski definition) is 6. The molecule has 1 saturated carbocycles. The number of nitrogens with zero attached hydrogens (tertiary/aromatic N) is 3. The molecule has 1 unspecified atom stereocenters. The maximum atomic E-state index is 12.3. The smallest absolute Gasteiger partial charge is 0.409 e. The van der Waals surface area contributed by atoms with Crippen molar-refractivity contribution >= 4 is 17.7 Å². The number of aromatic nitrogens is 2. The molecule has 156 valence electrons. The topological polar surface area (TPSA) is 93.4 Å². The summed E-state index contributed by atoms with van der Waals surface area (Å²) >= 11 is 5.67. The van der Waals surface area contributed by atoms with Crippen molar-refractivity contribution in [3.05, 3.63) is 23.2 Å². The number of carbonyl (C=O) groups is 1. The van der Waals surface area contributed by atoms with Crippen LogP contribution in [0, 0.1) is 11.3 Å². The Labute approximate surface area is 172 Å². The minimum absolute atomic E-state index is 0.209. The first-order chi connectivity index (χ1) is 13.5. The molecule has 28 heavy (non-hydrogen) atoms. The van der Waals surface area contributed by atoms with Crippen molar-refractivity contribution < 1.29 is 9.53 Å². The van der Waals surface area contributed by atoms with E-state index in [1.54, 1.807) is 12.4 Å². The molecule has 1 atom stereocenters. The maximum Gasteiger partial charge on any atom is 0.409 e. The number of halogens is 1. The van der Waals surface area contributed by atoms with Crippen molar-refractivity contribution in [1.82, 2.24) is 20.2 Å². The number of carbonyl (C=O) groups excluding carboxylic acids is 1. The SMILES string of the molecule is CC(CCN)CCNC1CC2(CCN(C(=O)OCCc3cnc(Cl)nc3)C2)C1. The van der Waals surface area contributed by atoms with Crippen molar-refractivity contribution in [2.45, 2.75) is 51.5 Å². The van der Waals surface area contributed by atoms with Crippen molar-refractivity contribution in [2.75, 3.05) is 32.8 Å². The minimum Gasteiger partial charge on any atom is -0.449 e. The van der Waals surface area contributed by atoms with Crippen LogP contribution in [-0.4, -0.2) is 59.8 Å². The van der Waals surface area contributed by atoms with Crippen molar-refractivity contribution in [3.8, 4) is 0 Å². The molecule has 1 aliphatic heterocycles. The van der Waals surface area contributed by atoms with Gasteiger partial charge in [0.1, 0.15) is 0 Å². The summed E-state index contributed by atoms with van der Waals surface area (Å²) < 4.78 is 5.44. The Balaban J connectivity index is 1.31. The van der Waals surface area contributed by atoms with E-state index >= 15 is 0 Å². The molecule has 0 aromatic carbocycles. The molecule has 1 aromatic heterocycles. The molecule has 1 aliphatic carbocycles. The van der Waals surface area contributed by atoms with Crippen LogP contribution in [0.5, 0.6) is 0 Å². The summed E-state index contributed by atoms with van der Waals surface area (Å²) in [5, 5.41) is 3.89. The molecule has 3 N–H and O–H groups in total. The lowest BCUT2D eigenvalue weighted by molar-refractivity contribution is 0.0748. The Morgan fingerprint density at radius 1 is 1.43 bits per heavy atom.